The second-order valence-corrected chi connectivity index (χ2v) is 5.45. The highest BCUT2D eigenvalue weighted by molar-refractivity contribution is 6.51. The number of benzene rings is 2. The van der Waals surface area contributed by atoms with Crippen LogP contribution in [0.5, 0.6) is 5.75 Å². The number of carbonyl (C=O) groups is 1. The van der Waals surface area contributed by atoms with E-state index in [1.165, 1.54) is 18.2 Å². The normalized spacial score (nSPS) is 10.6. The molecule has 0 aliphatic heterocycles. The third kappa shape index (κ3) is 2.67. The van der Waals surface area contributed by atoms with Crippen molar-refractivity contribution in [2.45, 2.75) is 0 Å². The molecule has 0 aromatic heterocycles. The van der Waals surface area contributed by atoms with E-state index in [0.29, 0.717) is 0 Å². The third-order valence-electron chi connectivity index (χ3n) is 2.63. The van der Waals surface area contributed by atoms with Crippen LogP contribution in [0.4, 0.5) is 0 Å². The highest BCUT2D eigenvalue weighted by Crippen LogP contribution is 2.45. The molecule has 0 radical (unpaired) electrons. The zero-order valence-electron chi connectivity index (χ0n) is 9.62. The van der Waals surface area contributed by atoms with Crippen LogP contribution in [0.2, 0.25) is 20.1 Å². The minimum absolute atomic E-state index is 0.0569. The van der Waals surface area contributed by atoms with Crippen LogP contribution in [0.25, 0.3) is 11.1 Å². The van der Waals surface area contributed by atoms with Crippen LogP contribution in [-0.4, -0.2) is 16.2 Å². The number of rotatable bonds is 2. The Morgan fingerprint density at radius 2 is 1.60 bits per heavy atom. The van der Waals surface area contributed by atoms with Gasteiger partial charge in [0.2, 0.25) is 0 Å². The van der Waals surface area contributed by atoms with Crippen molar-refractivity contribution in [1.82, 2.24) is 0 Å². The predicted octanol–water partition coefficient (Wildman–Crippen LogP) is 5.37. The molecule has 0 heterocycles. The van der Waals surface area contributed by atoms with Gasteiger partial charge in [-0.2, -0.15) is 0 Å². The van der Waals surface area contributed by atoms with Gasteiger partial charge in [-0.25, -0.2) is 4.79 Å². The fraction of sp³-hybridized carbons (Fsp3) is 0. The number of hydrogen-bond donors (Lipinski definition) is 2. The summed E-state index contributed by atoms with van der Waals surface area (Å²) in [6.45, 7) is 0. The smallest absolute Gasteiger partial charge is 0.335 e. The second kappa shape index (κ2) is 5.70. The van der Waals surface area contributed by atoms with Crippen molar-refractivity contribution in [3.63, 3.8) is 0 Å². The predicted molar refractivity (Wildman–Crippen MR) is 80.5 cm³/mol. The van der Waals surface area contributed by atoms with Gasteiger partial charge in [0.25, 0.3) is 0 Å². The molecule has 0 spiro atoms. The summed E-state index contributed by atoms with van der Waals surface area (Å²) in [6, 6.07) is 5.23. The summed E-state index contributed by atoms with van der Waals surface area (Å²) in [5.74, 6) is -1.43. The molecule has 0 unspecified atom stereocenters. The van der Waals surface area contributed by atoms with Gasteiger partial charge in [-0.3, -0.25) is 0 Å². The van der Waals surface area contributed by atoms with Gasteiger partial charge in [0.05, 0.1) is 25.7 Å². The number of halogens is 4. The number of carboxylic acids is 1. The third-order valence-corrected chi connectivity index (χ3v) is 4.19. The van der Waals surface area contributed by atoms with E-state index in [-0.39, 0.29) is 42.5 Å². The van der Waals surface area contributed by atoms with E-state index >= 15 is 0 Å². The average molecular weight is 352 g/mol. The second-order valence-electron chi connectivity index (χ2n) is 3.88. The lowest BCUT2D eigenvalue weighted by molar-refractivity contribution is 0.0696. The Balaban J connectivity index is 2.69. The molecule has 0 saturated carbocycles. The Labute approximate surface area is 134 Å². The highest BCUT2D eigenvalue weighted by atomic mass is 35.5. The van der Waals surface area contributed by atoms with E-state index in [1.807, 2.05) is 0 Å². The molecule has 3 nitrogen and oxygen atoms in total. The van der Waals surface area contributed by atoms with Crippen molar-refractivity contribution < 1.29 is 15.0 Å². The van der Waals surface area contributed by atoms with E-state index in [9.17, 15) is 9.90 Å². The molecule has 0 amide bonds. The number of phenols is 1. The Bertz CT molecular complexity index is 713. The van der Waals surface area contributed by atoms with Crippen molar-refractivity contribution in [3.05, 3.63) is 49.9 Å². The molecule has 104 valence electrons. The number of carboxylic acid groups (broad SMARTS) is 1. The quantitative estimate of drug-likeness (QED) is 0.564. The lowest BCUT2D eigenvalue weighted by Crippen LogP contribution is -1.96. The van der Waals surface area contributed by atoms with Crippen molar-refractivity contribution in [2.75, 3.05) is 0 Å². The SMILES string of the molecule is O=C(O)c1ccc(-c2c(Cl)cc(Cl)c(Cl)c2Cl)c(O)c1. The molecule has 0 saturated heterocycles. The van der Waals surface area contributed by atoms with Gasteiger partial charge < -0.3 is 10.2 Å². The Morgan fingerprint density at radius 3 is 2.15 bits per heavy atom. The highest BCUT2D eigenvalue weighted by Gasteiger charge is 2.18. The number of aromatic carboxylic acids is 1. The van der Waals surface area contributed by atoms with Gasteiger partial charge in [-0.05, 0) is 24.3 Å². The van der Waals surface area contributed by atoms with Gasteiger partial charge >= 0.3 is 5.97 Å². The fourth-order valence-electron chi connectivity index (χ4n) is 1.69. The van der Waals surface area contributed by atoms with E-state index in [2.05, 4.69) is 0 Å². The molecule has 2 rings (SSSR count). The van der Waals surface area contributed by atoms with Crippen LogP contribution in [0.15, 0.2) is 24.3 Å². The molecular weight excluding hydrogens is 346 g/mol. The zero-order chi connectivity index (χ0) is 15.0. The maximum Gasteiger partial charge on any atom is 0.335 e. The van der Waals surface area contributed by atoms with Gasteiger partial charge in [-0.1, -0.05) is 46.4 Å². The van der Waals surface area contributed by atoms with Crippen LogP contribution in [0, 0.1) is 0 Å². The first kappa shape index (κ1) is 15.3. The van der Waals surface area contributed by atoms with Crippen molar-refractivity contribution in [3.8, 4) is 16.9 Å². The Hall–Kier alpha value is -1.13. The van der Waals surface area contributed by atoms with E-state index in [0.717, 1.165) is 6.07 Å². The molecule has 0 atom stereocenters. The molecule has 7 heteroatoms. The fourth-order valence-corrected chi connectivity index (χ4v) is 2.81. The first-order chi connectivity index (χ1) is 9.32. The molecule has 0 bridgehead atoms. The number of hydrogen-bond acceptors (Lipinski definition) is 2. The number of phenolic OH excluding ortho intramolecular Hbond substituents is 1. The standard InChI is InChI=1S/C13H6Cl4O3/c14-7-4-8(15)11(16)12(17)10(7)6-2-1-5(13(19)20)3-9(6)18/h1-4,18H,(H,19,20). The lowest BCUT2D eigenvalue weighted by Gasteiger charge is -2.12. The van der Waals surface area contributed by atoms with Crippen LogP contribution >= 0.6 is 46.4 Å². The van der Waals surface area contributed by atoms with Crippen molar-refractivity contribution >= 4 is 52.4 Å². The van der Waals surface area contributed by atoms with E-state index in [1.54, 1.807) is 0 Å². The average Bonchev–Trinajstić information content (AvgIpc) is 2.37. The summed E-state index contributed by atoms with van der Waals surface area (Å²) < 4.78 is 0. The van der Waals surface area contributed by atoms with Gasteiger partial charge in [0.15, 0.2) is 0 Å². The zero-order valence-corrected chi connectivity index (χ0v) is 12.6. The summed E-state index contributed by atoms with van der Waals surface area (Å²) in [5.41, 5.74) is 0.499. The topological polar surface area (TPSA) is 57.5 Å². The lowest BCUT2D eigenvalue weighted by atomic mass is 10.0. The van der Waals surface area contributed by atoms with Crippen LogP contribution in [0.3, 0.4) is 0 Å². The summed E-state index contributed by atoms with van der Waals surface area (Å²) in [4.78, 5) is 10.8. The summed E-state index contributed by atoms with van der Waals surface area (Å²) in [5, 5.41) is 19.4. The summed E-state index contributed by atoms with van der Waals surface area (Å²) in [6.07, 6.45) is 0. The molecule has 0 aliphatic rings. The number of aromatic hydroxyl groups is 1. The Kier molecular flexibility index (Phi) is 4.35. The summed E-state index contributed by atoms with van der Waals surface area (Å²) >= 11 is 23.9. The maximum absolute atomic E-state index is 10.8. The van der Waals surface area contributed by atoms with Crippen molar-refractivity contribution in [2.24, 2.45) is 0 Å². The summed E-state index contributed by atoms with van der Waals surface area (Å²) in [7, 11) is 0. The first-order valence-corrected chi connectivity index (χ1v) is 6.73. The Morgan fingerprint density at radius 1 is 0.950 bits per heavy atom. The molecule has 2 aromatic rings. The van der Waals surface area contributed by atoms with Crippen LogP contribution in [0.1, 0.15) is 10.4 Å². The van der Waals surface area contributed by atoms with Gasteiger partial charge in [0, 0.05) is 11.1 Å². The van der Waals surface area contributed by atoms with Gasteiger partial charge in [0.1, 0.15) is 5.75 Å². The minimum Gasteiger partial charge on any atom is -0.507 e. The van der Waals surface area contributed by atoms with E-state index < -0.39 is 5.97 Å². The van der Waals surface area contributed by atoms with Crippen LogP contribution in [-0.2, 0) is 0 Å². The molecular formula is C13H6Cl4O3. The van der Waals surface area contributed by atoms with Gasteiger partial charge in [-0.15, -0.1) is 0 Å². The first-order valence-electron chi connectivity index (χ1n) is 5.22. The molecule has 20 heavy (non-hydrogen) atoms. The molecule has 2 N–H and O–H groups in total. The largest absolute Gasteiger partial charge is 0.507 e. The molecule has 0 aliphatic carbocycles. The maximum atomic E-state index is 10.8. The molecule has 2 aromatic carbocycles. The molecule has 0 fully saturated rings. The van der Waals surface area contributed by atoms with E-state index in [4.69, 9.17) is 51.5 Å². The van der Waals surface area contributed by atoms with Crippen molar-refractivity contribution in [1.29, 1.82) is 0 Å². The van der Waals surface area contributed by atoms with Crippen LogP contribution < -0.4 is 0 Å². The minimum atomic E-state index is -1.15. The monoisotopic (exact) mass is 350 g/mol.